The zero-order valence-electron chi connectivity index (χ0n) is 13.2. The number of benzene rings is 1. The number of rotatable bonds is 4. The van der Waals surface area contributed by atoms with Crippen LogP contribution >= 0.6 is 12.6 Å². The molecule has 27 heavy (non-hydrogen) atoms. The Kier molecular flexibility index (Phi) is 3.40. The van der Waals surface area contributed by atoms with Gasteiger partial charge in [-0.05, 0) is 12.1 Å². The van der Waals surface area contributed by atoms with Crippen LogP contribution in [-0.2, 0) is 5.75 Å². The van der Waals surface area contributed by atoms with Gasteiger partial charge in [0.1, 0.15) is 22.7 Å². The average Bonchev–Trinajstić information content (AvgIpc) is 3.21. The van der Waals surface area contributed by atoms with E-state index in [-0.39, 0.29) is 50.2 Å². The Balaban J connectivity index is 2.41. The number of nitrogens with zero attached hydrogens (tertiary/aromatic N) is 2. The van der Waals surface area contributed by atoms with Gasteiger partial charge in [-0.1, -0.05) is 0 Å². The van der Waals surface area contributed by atoms with Gasteiger partial charge in [-0.3, -0.25) is 9.20 Å². The normalized spacial score (nSPS) is 11.6. The number of hydrogen-bond acceptors (Lipinski definition) is 6. The van der Waals surface area contributed by atoms with Crippen molar-refractivity contribution >= 4 is 57.9 Å². The molecule has 4 aromatic rings. The van der Waals surface area contributed by atoms with Crippen molar-refractivity contribution in [3.63, 3.8) is 0 Å². The number of thiol groups is 1. The van der Waals surface area contributed by atoms with Crippen LogP contribution in [-0.4, -0.2) is 47.6 Å². The van der Waals surface area contributed by atoms with Crippen molar-refractivity contribution in [1.82, 2.24) is 14.4 Å². The molecule has 3 heterocycles. The van der Waals surface area contributed by atoms with E-state index in [1.165, 1.54) is 0 Å². The first kappa shape index (κ1) is 16.8. The van der Waals surface area contributed by atoms with Gasteiger partial charge in [-0.25, -0.2) is 19.4 Å². The van der Waals surface area contributed by atoms with Crippen LogP contribution in [0.3, 0.4) is 0 Å². The van der Waals surface area contributed by atoms with Crippen molar-refractivity contribution in [2.45, 2.75) is 5.75 Å². The van der Waals surface area contributed by atoms with Crippen molar-refractivity contribution in [2.75, 3.05) is 0 Å². The van der Waals surface area contributed by atoms with Crippen LogP contribution < -0.4 is 5.43 Å². The summed E-state index contributed by atoms with van der Waals surface area (Å²) in [4.78, 5) is 54.2. The summed E-state index contributed by atoms with van der Waals surface area (Å²) in [5, 5.41) is 28.2. The summed E-state index contributed by atoms with van der Waals surface area (Å²) in [7, 11) is 0. The van der Waals surface area contributed by atoms with Gasteiger partial charge in [0.2, 0.25) is 5.43 Å². The van der Waals surface area contributed by atoms with Gasteiger partial charge >= 0.3 is 17.9 Å². The minimum Gasteiger partial charge on any atom is -0.478 e. The molecule has 0 aliphatic carbocycles. The predicted molar refractivity (Wildman–Crippen MR) is 95.6 cm³/mol. The fraction of sp³-hybridized carbons (Fsp3) is 0.0625. The maximum atomic E-state index is 12.8. The second kappa shape index (κ2) is 5.45. The Bertz CT molecular complexity index is 1370. The highest BCUT2D eigenvalue weighted by atomic mass is 32.1. The molecule has 1 aromatic carbocycles. The van der Waals surface area contributed by atoms with Crippen molar-refractivity contribution in [2.24, 2.45) is 0 Å². The fourth-order valence-corrected chi connectivity index (χ4v) is 3.49. The molecule has 0 radical (unpaired) electrons. The number of fused-ring (bicyclic) bond motifs is 2. The number of aromatic carboxylic acids is 3. The summed E-state index contributed by atoms with van der Waals surface area (Å²) in [6.45, 7) is 0. The Morgan fingerprint density at radius 2 is 1.81 bits per heavy atom. The number of hydrogen-bond donors (Lipinski definition) is 5. The second-order valence-corrected chi connectivity index (χ2v) is 6.07. The van der Waals surface area contributed by atoms with Crippen LogP contribution in [0.15, 0.2) is 16.9 Å². The Morgan fingerprint density at radius 1 is 1.11 bits per heavy atom. The topological polar surface area (TPSA) is 162 Å². The molecule has 4 rings (SSSR count). The highest BCUT2D eigenvalue weighted by Gasteiger charge is 2.27. The second-order valence-electron chi connectivity index (χ2n) is 5.75. The standard InChI is InChI=1S/C16H9N3O7S/c20-13-5-1-6(15(23)24)17-10(5)9-4(14(21)22)2-7(16(25)26)19-8(3-27)18-11(13)12(9)19/h1-2,17,27H,3H2,(H,21,22)(H,23,24)(H,25,26). The zero-order valence-corrected chi connectivity index (χ0v) is 14.1. The number of H-pyrrole nitrogens is 1. The van der Waals surface area contributed by atoms with Crippen LogP contribution in [0.5, 0.6) is 0 Å². The zero-order chi connectivity index (χ0) is 19.6. The highest BCUT2D eigenvalue weighted by molar-refractivity contribution is 7.79. The molecule has 0 saturated heterocycles. The first-order valence-electron chi connectivity index (χ1n) is 7.43. The van der Waals surface area contributed by atoms with Crippen molar-refractivity contribution in [3.05, 3.63) is 45.1 Å². The highest BCUT2D eigenvalue weighted by Crippen LogP contribution is 2.32. The molecule has 136 valence electrons. The van der Waals surface area contributed by atoms with Crippen LogP contribution in [0.2, 0.25) is 0 Å². The third-order valence-electron chi connectivity index (χ3n) is 4.32. The monoisotopic (exact) mass is 387 g/mol. The molecule has 0 saturated carbocycles. The maximum absolute atomic E-state index is 12.8. The van der Waals surface area contributed by atoms with E-state index in [0.29, 0.717) is 0 Å². The van der Waals surface area contributed by atoms with E-state index < -0.39 is 29.0 Å². The summed E-state index contributed by atoms with van der Waals surface area (Å²) < 4.78 is 1.16. The molecule has 0 fully saturated rings. The van der Waals surface area contributed by atoms with Crippen molar-refractivity contribution < 1.29 is 29.7 Å². The number of carboxylic acids is 3. The van der Waals surface area contributed by atoms with Gasteiger partial charge in [0.25, 0.3) is 0 Å². The third-order valence-corrected chi connectivity index (χ3v) is 4.61. The molecule has 0 aliphatic rings. The lowest BCUT2D eigenvalue weighted by Crippen LogP contribution is -2.12. The molecule has 0 aliphatic heterocycles. The Hall–Kier alpha value is -3.60. The van der Waals surface area contributed by atoms with E-state index in [9.17, 15) is 34.5 Å². The minimum atomic E-state index is -1.43. The number of nitrogens with one attached hydrogen (secondary N) is 1. The molecule has 0 atom stereocenters. The number of carboxylic acid groups (broad SMARTS) is 3. The lowest BCUT2D eigenvalue weighted by molar-refractivity contribution is 0.0677. The summed E-state index contributed by atoms with van der Waals surface area (Å²) in [6, 6.07) is 2.05. The number of aromatic amines is 1. The predicted octanol–water partition coefficient (Wildman–Crippen LogP) is 1.29. The molecule has 4 N–H and O–H groups in total. The van der Waals surface area contributed by atoms with Crippen LogP contribution in [0.1, 0.15) is 37.2 Å². The lowest BCUT2D eigenvalue weighted by Gasteiger charge is -2.10. The molecular weight excluding hydrogens is 378 g/mol. The van der Waals surface area contributed by atoms with Crippen LogP contribution in [0.4, 0.5) is 0 Å². The molecule has 3 aromatic heterocycles. The number of carbonyl (C=O) groups is 3. The van der Waals surface area contributed by atoms with E-state index >= 15 is 0 Å². The molecule has 0 bridgehead atoms. The summed E-state index contributed by atoms with van der Waals surface area (Å²) >= 11 is 4.10. The Morgan fingerprint density at radius 3 is 2.37 bits per heavy atom. The van der Waals surface area contributed by atoms with Gasteiger partial charge in [0.15, 0.2) is 0 Å². The van der Waals surface area contributed by atoms with Gasteiger partial charge < -0.3 is 20.3 Å². The molecule has 11 heteroatoms. The number of aromatic nitrogens is 3. The largest absolute Gasteiger partial charge is 0.478 e. The average molecular weight is 387 g/mol. The Labute approximate surface area is 153 Å². The van der Waals surface area contributed by atoms with Gasteiger partial charge in [0, 0.05) is 11.1 Å². The van der Waals surface area contributed by atoms with E-state index in [1.54, 1.807) is 0 Å². The third kappa shape index (κ3) is 2.11. The van der Waals surface area contributed by atoms with Crippen molar-refractivity contribution in [3.8, 4) is 0 Å². The van der Waals surface area contributed by atoms with Gasteiger partial charge in [-0.15, -0.1) is 0 Å². The maximum Gasteiger partial charge on any atom is 0.352 e. The lowest BCUT2D eigenvalue weighted by atomic mass is 10.0. The minimum absolute atomic E-state index is 0.00475. The van der Waals surface area contributed by atoms with E-state index in [4.69, 9.17) is 0 Å². The smallest absolute Gasteiger partial charge is 0.352 e. The van der Waals surface area contributed by atoms with Crippen LogP contribution in [0.25, 0.3) is 27.3 Å². The van der Waals surface area contributed by atoms with E-state index in [1.807, 2.05) is 0 Å². The SMILES string of the molecule is O=C(O)c1cc2c(=O)c3nc(CS)n4c(C(=O)O)cc(C(=O)O)c(c2[nH]1)c34. The quantitative estimate of drug-likeness (QED) is 0.327. The molecule has 0 spiro atoms. The van der Waals surface area contributed by atoms with Gasteiger partial charge in [-0.2, -0.15) is 12.6 Å². The van der Waals surface area contributed by atoms with Crippen LogP contribution in [0, 0.1) is 0 Å². The van der Waals surface area contributed by atoms with Gasteiger partial charge in [0.05, 0.1) is 22.0 Å². The van der Waals surface area contributed by atoms with E-state index in [0.717, 1.165) is 16.5 Å². The fourth-order valence-electron chi connectivity index (χ4n) is 3.27. The first-order valence-corrected chi connectivity index (χ1v) is 8.06. The summed E-state index contributed by atoms with van der Waals surface area (Å²) in [6.07, 6.45) is 0. The summed E-state index contributed by atoms with van der Waals surface area (Å²) in [5.41, 5.74) is -1.88. The molecular formula is C16H9N3O7S. The number of imidazole rings is 1. The number of pyridine rings is 1. The first-order chi connectivity index (χ1) is 12.8. The van der Waals surface area contributed by atoms with E-state index in [2.05, 4.69) is 22.6 Å². The molecule has 10 nitrogen and oxygen atoms in total. The summed E-state index contributed by atoms with van der Waals surface area (Å²) in [5.74, 6) is -4.03. The molecule has 0 amide bonds. The van der Waals surface area contributed by atoms with Crippen molar-refractivity contribution in [1.29, 1.82) is 0 Å². The molecule has 0 unspecified atom stereocenters.